The molecule has 0 radical (unpaired) electrons. The molecule has 3 heteroatoms. The van der Waals surface area contributed by atoms with Gasteiger partial charge in [-0.15, -0.1) is 0 Å². The van der Waals surface area contributed by atoms with E-state index in [2.05, 4.69) is 33.1 Å². The lowest BCUT2D eigenvalue weighted by Crippen LogP contribution is -2.40. The smallest absolute Gasteiger partial charge is 0.0994 e. The molecule has 98 valence electrons. The van der Waals surface area contributed by atoms with Crippen molar-refractivity contribution in [1.82, 2.24) is 14.9 Å². The van der Waals surface area contributed by atoms with Crippen molar-refractivity contribution in [3.05, 3.63) is 47.5 Å². The number of rotatable bonds is 2. The van der Waals surface area contributed by atoms with Gasteiger partial charge in [0.1, 0.15) is 0 Å². The molecule has 0 atom stereocenters. The second-order valence-corrected chi connectivity index (χ2v) is 5.67. The van der Waals surface area contributed by atoms with Gasteiger partial charge in [0.15, 0.2) is 0 Å². The first kappa shape index (κ1) is 11.2. The molecule has 0 bridgehead atoms. The minimum absolute atomic E-state index is 0.627. The van der Waals surface area contributed by atoms with Gasteiger partial charge in [-0.1, -0.05) is 12.1 Å². The summed E-state index contributed by atoms with van der Waals surface area (Å²) >= 11 is 0. The summed E-state index contributed by atoms with van der Waals surface area (Å²) < 4.78 is 2.32. The van der Waals surface area contributed by atoms with Gasteiger partial charge in [0.2, 0.25) is 0 Å². The minimum atomic E-state index is 0.627. The highest BCUT2D eigenvalue weighted by Crippen LogP contribution is 2.30. The zero-order chi connectivity index (χ0) is 12.7. The number of hydrogen-bond acceptors (Lipinski definition) is 2. The van der Waals surface area contributed by atoms with Gasteiger partial charge in [-0.05, 0) is 42.9 Å². The molecular formula is C16H19N3. The van der Waals surface area contributed by atoms with Crippen LogP contribution in [0.5, 0.6) is 0 Å². The Hall–Kier alpha value is -1.61. The predicted molar refractivity (Wildman–Crippen MR) is 75.8 cm³/mol. The molecule has 0 saturated carbocycles. The first-order valence-electron chi connectivity index (χ1n) is 7.27. The molecule has 19 heavy (non-hydrogen) atoms. The van der Waals surface area contributed by atoms with E-state index in [9.17, 15) is 0 Å². The molecule has 0 unspecified atom stereocenters. The number of hydrogen-bond donors (Lipinski definition) is 1. The Balaban J connectivity index is 1.82. The van der Waals surface area contributed by atoms with Crippen molar-refractivity contribution in [2.24, 2.45) is 0 Å². The average molecular weight is 253 g/mol. The molecule has 3 nitrogen and oxygen atoms in total. The molecule has 2 aromatic rings. The fourth-order valence-electron chi connectivity index (χ4n) is 3.29. The molecule has 1 fully saturated rings. The van der Waals surface area contributed by atoms with Crippen LogP contribution in [-0.4, -0.2) is 22.6 Å². The number of nitrogens with zero attached hydrogens (tertiary/aromatic N) is 2. The molecule has 2 heterocycles. The Bertz CT molecular complexity index is 596. The van der Waals surface area contributed by atoms with Crippen molar-refractivity contribution < 1.29 is 0 Å². The first-order valence-corrected chi connectivity index (χ1v) is 7.27. The van der Waals surface area contributed by atoms with E-state index in [-0.39, 0.29) is 0 Å². The second kappa shape index (κ2) is 4.49. The van der Waals surface area contributed by atoms with Crippen LogP contribution in [0.3, 0.4) is 0 Å². The predicted octanol–water partition coefficient (Wildman–Crippen LogP) is 2.44. The van der Waals surface area contributed by atoms with Gasteiger partial charge >= 0.3 is 0 Å². The van der Waals surface area contributed by atoms with E-state index in [1.807, 2.05) is 12.5 Å². The number of aromatic nitrogens is 2. The Morgan fingerprint density at radius 1 is 1.16 bits per heavy atom. The van der Waals surface area contributed by atoms with Gasteiger partial charge < -0.3 is 9.88 Å². The van der Waals surface area contributed by atoms with E-state index in [1.165, 1.54) is 42.6 Å². The van der Waals surface area contributed by atoms with Gasteiger partial charge in [0.25, 0.3) is 0 Å². The average Bonchev–Trinajstić information content (AvgIpc) is 2.85. The molecule has 1 aromatic heterocycles. The van der Waals surface area contributed by atoms with Crippen molar-refractivity contribution in [1.29, 1.82) is 0 Å². The summed E-state index contributed by atoms with van der Waals surface area (Å²) in [6.45, 7) is 2.17. The van der Waals surface area contributed by atoms with Gasteiger partial charge in [-0.3, -0.25) is 0 Å². The molecule has 1 saturated heterocycles. The second-order valence-electron chi connectivity index (χ2n) is 5.67. The Kier molecular flexibility index (Phi) is 2.66. The quantitative estimate of drug-likeness (QED) is 0.891. The van der Waals surface area contributed by atoms with Crippen molar-refractivity contribution in [3.8, 4) is 5.69 Å². The monoisotopic (exact) mass is 253 g/mol. The molecule has 1 aliphatic heterocycles. The topological polar surface area (TPSA) is 29.9 Å². The lowest BCUT2D eigenvalue weighted by molar-refractivity contribution is 0.435. The number of nitrogens with one attached hydrogen (secondary N) is 1. The highest BCUT2D eigenvalue weighted by atomic mass is 15.1. The normalized spacial score (nSPS) is 18.9. The van der Waals surface area contributed by atoms with E-state index >= 15 is 0 Å². The van der Waals surface area contributed by atoms with Gasteiger partial charge in [-0.25, -0.2) is 4.98 Å². The lowest BCUT2D eigenvalue weighted by atomic mass is 9.90. The van der Waals surface area contributed by atoms with Crippen LogP contribution in [0.15, 0.2) is 30.7 Å². The largest absolute Gasteiger partial charge is 0.315 e. The number of aryl methyl sites for hydroxylation is 1. The molecule has 1 aromatic carbocycles. The van der Waals surface area contributed by atoms with E-state index in [0.29, 0.717) is 5.92 Å². The summed E-state index contributed by atoms with van der Waals surface area (Å²) in [6.07, 6.45) is 9.12. The Morgan fingerprint density at radius 3 is 2.89 bits per heavy atom. The SMILES string of the molecule is c1cc2c(c(-n3cncc3C3CNC3)c1)CCCC2. The summed E-state index contributed by atoms with van der Waals surface area (Å²) in [6, 6.07) is 6.74. The molecule has 2 aliphatic rings. The molecule has 4 rings (SSSR count). The first-order chi connectivity index (χ1) is 9.43. The van der Waals surface area contributed by atoms with Gasteiger partial charge in [0.05, 0.1) is 12.0 Å². The Labute approximate surface area is 113 Å². The van der Waals surface area contributed by atoms with E-state index in [0.717, 1.165) is 13.1 Å². The van der Waals surface area contributed by atoms with Crippen LogP contribution in [0.25, 0.3) is 5.69 Å². The van der Waals surface area contributed by atoms with Crippen LogP contribution in [0.2, 0.25) is 0 Å². The molecule has 1 aliphatic carbocycles. The molecular weight excluding hydrogens is 234 g/mol. The highest BCUT2D eigenvalue weighted by Gasteiger charge is 2.24. The standard InChI is InChI=1S/C16H19N3/c1-2-6-14-12(4-1)5-3-7-15(14)19-11-18-10-16(19)13-8-17-9-13/h3,5,7,10-11,13,17H,1-2,4,6,8-9H2. The highest BCUT2D eigenvalue weighted by molar-refractivity contribution is 5.48. The number of benzene rings is 1. The van der Waals surface area contributed by atoms with Crippen LogP contribution in [0.1, 0.15) is 35.6 Å². The number of fused-ring (bicyclic) bond motifs is 1. The van der Waals surface area contributed by atoms with Gasteiger partial charge in [-0.2, -0.15) is 0 Å². The summed E-state index contributed by atoms with van der Waals surface area (Å²) in [4.78, 5) is 4.39. The van der Waals surface area contributed by atoms with E-state index in [1.54, 1.807) is 5.56 Å². The lowest BCUT2D eigenvalue weighted by Gasteiger charge is -2.29. The summed E-state index contributed by atoms with van der Waals surface area (Å²) in [5, 5.41) is 3.35. The zero-order valence-corrected chi connectivity index (χ0v) is 11.1. The summed E-state index contributed by atoms with van der Waals surface area (Å²) in [5.74, 6) is 0.627. The maximum atomic E-state index is 4.39. The van der Waals surface area contributed by atoms with Crippen LogP contribution < -0.4 is 5.32 Å². The molecule has 0 amide bonds. The zero-order valence-electron chi connectivity index (χ0n) is 11.1. The Morgan fingerprint density at radius 2 is 2.05 bits per heavy atom. The van der Waals surface area contributed by atoms with Gasteiger partial charge in [0, 0.05) is 30.9 Å². The van der Waals surface area contributed by atoms with Crippen molar-refractivity contribution >= 4 is 0 Å². The van der Waals surface area contributed by atoms with Crippen molar-refractivity contribution in [2.75, 3.05) is 13.1 Å². The van der Waals surface area contributed by atoms with Crippen LogP contribution in [0.4, 0.5) is 0 Å². The van der Waals surface area contributed by atoms with Crippen LogP contribution in [-0.2, 0) is 12.8 Å². The third kappa shape index (κ3) is 1.80. The molecule has 0 spiro atoms. The van der Waals surface area contributed by atoms with Crippen LogP contribution in [0, 0.1) is 0 Å². The third-order valence-corrected chi connectivity index (χ3v) is 4.50. The molecule has 1 N–H and O–H groups in total. The van der Waals surface area contributed by atoms with Crippen molar-refractivity contribution in [2.45, 2.75) is 31.6 Å². The summed E-state index contributed by atoms with van der Waals surface area (Å²) in [5.41, 5.74) is 5.80. The fourth-order valence-corrected chi connectivity index (χ4v) is 3.29. The van der Waals surface area contributed by atoms with Crippen molar-refractivity contribution in [3.63, 3.8) is 0 Å². The third-order valence-electron chi connectivity index (χ3n) is 4.50. The maximum Gasteiger partial charge on any atom is 0.0994 e. The minimum Gasteiger partial charge on any atom is -0.315 e. The summed E-state index contributed by atoms with van der Waals surface area (Å²) in [7, 11) is 0. The number of imidazole rings is 1. The van der Waals surface area contributed by atoms with E-state index < -0.39 is 0 Å². The fraction of sp³-hybridized carbons (Fsp3) is 0.438. The maximum absolute atomic E-state index is 4.39. The van der Waals surface area contributed by atoms with Crippen LogP contribution >= 0.6 is 0 Å². The van der Waals surface area contributed by atoms with E-state index in [4.69, 9.17) is 0 Å².